The predicted molar refractivity (Wildman–Crippen MR) is 140 cm³/mol. The van der Waals surface area contributed by atoms with Gasteiger partial charge in [-0.1, -0.05) is 6.07 Å². The van der Waals surface area contributed by atoms with Crippen molar-refractivity contribution in [3.05, 3.63) is 77.9 Å². The number of sulfonamides is 1. The molecule has 1 aliphatic heterocycles. The summed E-state index contributed by atoms with van der Waals surface area (Å²) in [4.78, 5) is 16.8. The van der Waals surface area contributed by atoms with Crippen molar-refractivity contribution in [1.82, 2.24) is 4.90 Å². The number of carbonyl (C=O) groups is 1. The molecule has 1 aliphatic rings. The van der Waals surface area contributed by atoms with Crippen LogP contribution < -0.4 is 19.1 Å². The normalized spacial score (nSPS) is 13.9. The summed E-state index contributed by atoms with van der Waals surface area (Å²) in [6.07, 6.45) is 0. The van der Waals surface area contributed by atoms with Crippen LogP contribution in [0.25, 0.3) is 0 Å². The molecule has 0 bridgehead atoms. The molecule has 190 valence electrons. The fraction of sp³-hybridized carbons (Fsp3) is 0.296. The number of amides is 1. The fourth-order valence-electron chi connectivity index (χ4n) is 3.98. The highest BCUT2D eigenvalue weighted by atomic mass is 32.2. The fourth-order valence-corrected chi connectivity index (χ4v) is 5.03. The Morgan fingerprint density at radius 2 is 1.50 bits per heavy atom. The van der Waals surface area contributed by atoms with Crippen LogP contribution in [0.5, 0.6) is 11.5 Å². The first kappa shape index (κ1) is 25.4. The van der Waals surface area contributed by atoms with E-state index >= 15 is 0 Å². The number of anilines is 2. The van der Waals surface area contributed by atoms with Gasteiger partial charge in [-0.15, -0.1) is 0 Å². The third-order valence-electron chi connectivity index (χ3n) is 6.33. The van der Waals surface area contributed by atoms with E-state index in [0.717, 1.165) is 35.7 Å². The van der Waals surface area contributed by atoms with E-state index in [4.69, 9.17) is 9.47 Å². The molecule has 8 nitrogen and oxygen atoms in total. The van der Waals surface area contributed by atoms with Crippen LogP contribution in [0.15, 0.2) is 71.6 Å². The monoisotopic (exact) mass is 509 g/mol. The molecule has 0 radical (unpaired) electrons. The number of methoxy groups -OCH3 is 1. The zero-order chi connectivity index (χ0) is 25.7. The number of carbonyl (C=O) groups excluding carboxylic acids is 1. The molecule has 1 fully saturated rings. The molecule has 0 saturated carbocycles. The van der Waals surface area contributed by atoms with Crippen molar-refractivity contribution in [3.63, 3.8) is 0 Å². The van der Waals surface area contributed by atoms with Gasteiger partial charge in [0.05, 0.1) is 12.0 Å². The number of benzene rings is 3. The number of hydrogen-bond donors (Lipinski definition) is 1. The minimum Gasteiger partial charge on any atom is -0.497 e. The van der Waals surface area contributed by atoms with Gasteiger partial charge in [-0.3, -0.25) is 9.52 Å². The SMILES string of the molecule is COc1ccc(N2CCN(C(=O)COc3ccc(S(=O)(=O)Nc4ccc(C)c(C)c4)cc3)CC2)cc1. The van der Waals surface area contributed by atoms with Gasteiger partial charge in [0.15, 0.2) is 6.61 Å². The molecule has 1 amide bonds. The highest BCUT2D eigenvalue weighted by Crippen LogP contribution is 2.22. The number of nitrogens with zero attached hydrogens (tertiary/aromatic N) is 2. The van der Waals surface area contributed by atoms with Crippen molar-refractivity contribution in [1.29, 1.82) is 0 Å². The molecule has 0 aliphatic carbocycles. The van der Waals surface area contributed by atoms with E-state index in [1.165, 1.54) is 12.1 Å². The lowest BCUT2D eigenvalue weighted by Crippen LogP contribution is -2.50. The lowest BCUT2D eigenvalue weighted by Gasteiger charge is -2.36. The Morgan fingerprint density at radius 3 is 2.11 bits per heavy atom. The van der Waals surface area contributed by atoms with E-state index in [9.17, 15) is 13.2 Å². The highest BCUT2D eigenvalue weighted by Gasteiger charge is 2.22. The largest absolute Gasteiger partial charge is 0.497 e. The van der Waals surface area contributed by atoms with Crippen molar-refractivity contribution in [3.8, 4) is 11.5 Å². The van der Waals surface area contributed by atoms with Crippen molar-refractivity contribution in [2.24, 2.45) is 0 Å². The number of hydrogen-bond acceptors (Lipinski definition) is 6. The topological polar surface area (TPSA) is 88.2 Å². The van der Waals surface area contributed by atoms with Crippen LogP contribution in [-0.2, 0) is 14.8 Å². The highest BCUT2D eigenvalue weighted by molar-refractivity contribution is 7.92. The molecule has 36 heavy (non-hydrogen) atoms. The first-order valence-electron chi connectivity index (χ1n) is 11.7. The van der Waals surface area contributed by atoms with Crippen molar-refractivity contribution >= 4 is 27.3 Å². The van der Waals surface area contributed by atoms with Crippen LogP contribution in [0.2, 0.25) is 0 Å². The van der Waals surface area contributed by atoms with Gasteiger partial charge < -0.3 is 19.3 Å². The van der Waals surface area contributed by atoms with Crippen LogP contribution in [-0.4, -0.2) is 59.1 Å². The van der Waals surface area contributed by atoms with Crippen molar-refractivity contribution < 1.29 is 22.7 Å². The summed E-state index contributed by atoms with van der Waals surface area (Å²) in [5.74, 6) is 1.15. The molecule has 3 aromatic rings. The molecule has 1 heterocycles. The number of ether oxygens (including phenoxy) is 2. The van der Waals surface area contributed by atoms with Gasteiger partial charge in [0.25, 0.3) is 15.9 Å². The van der Waals surface area contributed by atoms with Crippen molar-refractivity contribution in [2.45, 2.75) is 18.7 Å². The Balaban J connectivity index is 1.27. The number of aryl methyl sites for hydroxylation is 2. The maximum Gasteiger partial charge on any atom is 0.261 e. The van der Waals surface area contributed by atoms with E-state index in [0.29, 0.717) is 24.5 Å². The van der Waals surface area contributed by atoms with Gasteiger partial charge in [0, 0.05) is 37.6 Å². The number of piperazine rings is 1. The van der Waals surface area contributed by atoms with Gasteiger partial charge in [0.2, 0.25) is 0 Å². The van der Waals surface area contributed by atoms with Crippen molar-refractivity contribution in [2.75, 3.05) is 49.5 Å². The van der Waals surface area contributed by atoms with Crippen LogP contribution in [0.4, 0.5) is 11.4 Å². The standard InChI is InChI=1S/C27H31N3O5S/c1-20-4-5-22(18-21(20)2)28-36(32,33)26-12-10-25(11-13-26)35-19-27(31)30-16-14-29(15-17-30)23-6-8-24(34-3)9-7-23/h4-13,18,28H,14-17,19H2,1-3H3. The molecular formula is C27H31N3O5S. The van der Waals surface area contributed by atoms with E-state index in [2.05, 4.69) is 9.62 Å². The van der Waals surface area contributed by atoms with Crippen LogP contribution in [0, 0.1) is 13.8 Å². The van der Waals surface area contributed by atoms with Crippen LogP contribution >= 0.6 is 0 Å². The van der Waals surface area contributed by atoms with E-state index in [1.54, 1.807) is 36.3 Å². The summed E-state index contributed by atoms with van der Waals surface area (Å²) < 4.78 is 38.9. The zero-order valence-corrected chi connectivity index (χ0v) is 21.5. The molecule has 0 unspecified atom stereocenters. The third kappa shape index (κ3) is 6.09. The molecule has 9 heteroatoms. The van der Waals surface area contributed by atoms with E-state index < -0.39 is 10.0 Å². The van der Waals surface area contributed by atoms with E-state index in [1.807, 2.05) is 44.2 Å². The van der Waals surface area contributed by atoms with Gasteiger partial charge >= 0.3 is 0 Å². The minimum absolute atomic E-state index is 0.0995. The third-order valence-corrected chi connectivity index (χ3v) is 7.72. The summed E-state index contributed by atoms with van der Waals surface area (Å²) in [6, 6.07) is 19.3. The summed E-state index contributed by atoms with van der Waals surface area (Å²) >= 11 is 0. The average Bonchev–Trinajstić information content (AvgIpc) is 2.89. The quantitative estimate of drug-likeness (QED) is 0.497. The minimum atomic E-state index is -3.73. The van der Waals surface area contributed by atoms with Crippen LogP contribution in [0.3, 0.4) is 0 Å². The van der Waals surface area contributed by atoms with Gasteiger partial charge in [-0.25, -0.2) is 8.42 Å². The molecule has 3 aromatic carbocycles. The summed E-state index contributed by atoms with van der Waals surface area (Å²) in [7, 11) is -2.09. The molecule has 4 rings (SSSR count). The second kappa shape index (κ2) is 10.9. The molecule has 0 atom stereocenters. The van der Waals surface area contributed by atoms with Gasteiger partial charge in [0.1, 0.15) is 11.5 Å². The zero-order valence-electron chi connectivity index (χ0n) is 20.7. The van der Waals surface area contributed by atoms with E-state index in [-0.39, 0.29) is 17.4 Å². The summed E-state index contributed by atoms with van der Waals surface area (Å²) in [5, 5.41) is 0. The maximum atomic E-state index is 12.7. The Kier molecular flexibility index (Phi) is 7.69. The lowest BCUT2D eigenvalue weighted by atomic mass is 10.1. The molecule has 0 spiro atoms. The Labute approximate surface area is 212 Å². The smallest absolute Gasteiger partial charge is 0.261 e. The lowest BCUT2D eigenvalue weighted by molar-refractivity contribution is -0.133. The number of nitrogens with one attached hydrogen (secondary N) is 1. The molecule has 0 aromatic heterocycles. The molecule has 1 saturated heterocycles. The Hall–Kier alpha value is -3.72. The summed E-state index contributed by atoms with van der Waals surface area (Å²) in [5.41, 5.74) is 3.70. The molecular weight excluding hydrogens is 478 g/mol. The molecule has 1 N–H and O–H groups in total. The Bertz CT molecular complexity index is 1300. The van der Waals surface area contributed by atoms with Gasteiger partial charge in [-0.2, -0.15) is 0 Å². The number of rotatable bonds is 8. The first-order chi connectivity index (χ1) is 17.2. The predicted octanol–water partition coefficient (Wildman–Crippen LogP) is 3.84. The Morgan fingerprint density at radius 1 is 0.861 bits per heavy atom. The second-order valence-electron chi connectivity index (χ2n) is 8.73. The first-order valence-corrected chi connectivity index (χ1v) is 13.2. The average molecular weight is 510 g/mol. The second-order valence-corrected chi connectivity index (χ2v) is 10.4. The van der Waals surface area contributed by atoms with Gasteiger partial charge in [-0.05, 0) is 85.6 Å². The van der Waals surface area contributed by atoms with Crippen LogP contribution in [0.1, 0.15) is 11.1 Å². The summed E-state index contributed by atoms with van der Waals surface area (Å²) in [6.45, 7) is 6.48. The maximum absolute atomic E-state index is 12.7.